The number of carbonyl (C=O) groups excluding carboxylic acids is 1. The van der Waals surface area contributed by atoms with Gasteiger partial charge in [0.1, 0.15) is 0 Å². The third-order valence-corrected chi connectivity index (χ3v) is 3.51. The molecule has 1 saturated heterocycles. The van der Waals surface area contributed by atoms with Gasteiger partial charge in [-0.15, -0.1) is 11.6 Å². The Kier molecular flexibility index (Phi) is 3.56. The topological polar surface area (TPSA) is 42.4 Å². The molecule has 1 aromatic rings. The minimum absolute atomic E-state index is 0.0186. The summed E-state index contributed by atoms with van der Waals surface area (Å²) >= 11 is 6.87. The number of Topliss-reactive ketones (excluding diaryl/α,β-unsaturated/α-hetero) is 1. The zero-order valence-electron chi connectivity index (χ0n) is 8.11. The van der Waals surface area contributed by atoms with Gasteiger partial charge in [0, 0.05) is 13.1 Å². The average molecular weight is 247 g/mol. The number of anilines is 1. The number of thiazole rings is 1. The summed E-state index contributed by atoms with van der Waals surface area (Å²) in [4.78, 5) is 18.3. The van der Waals surface area contributed by atoms with E-state index in [2.05, 4.69) is 9.88 Å². The smallest absolute Gasteiger partial charge is 0.189 e. The highest BCUT2D eigenvalue weighted by Gasteiger charge is 2.16. The molecule has 0 N–H and O–H groups in total. The number of hydrogen-bond acceptors (Lipinski definition) is 5. The van der Waals surface area contributed by atoms with E-state index >= 15 is 0 Å². The van der Waals surface area contributed by atoms with Gasteiger partial charge in [0.2, 0.25) is 0 Å². The molecule has 0 atom stereocenters. The van der Waals surface area contributed by atoms with Gasteiger partial charge < -0.3 is 9.64 Å². The summed E-state index contributed by atoms with van der Waals surface area (Å²) in [6, 6.07) is 0. The lowest BCUT2D eigenvalue weighted by Crippen LogP contribution is -2.36. The van der Waals surface area contributed by atoms with Crippen molar-refractivity contribution in [1.82, 2.24) is 4.98 Å². The SMILES string of the molecule is O=C(CCl)c1cnc(N2CCOCC2)s1. The molecule has 1 aliphatic heterocycles. The second-order valence-corrected chi connectivity index (χ2v) is 4.44. The standard InChI is InChI=1S/C9H11ClN2O2S/c10-5-7(13)8-6-11-9(15-8)12-1-3-14-4-2-12/h6H,1-5H2. The van der Waals surface area contributed by atoms with E-state index in [4.69, 9.17) is 16.3 Å². The Hall–Kier alpha value is -0.650. The lowest BCUT2D eigenvalue weighted by Gasteiger charge is -2.25. The van der Waals surface area contributed by atoms with E-state index < -0.39 is 0 Å². The van der Waals surface area contributed by atoms with E-state index in [9.17, 15) is 4.79 Å². The fraction of sp³-hybridized carbons (Fsp3) is 0.556. The second-order valence-electron chi connectivity index (χ2n) is 3.16. The molecule has 0 aliphatic carbocycles. The molecule has 1 aliphatic rings. The lowest BCUT2D eigenvalue weighted by molar-refractivity contribution is 0.102. The van der Waals surface area contributed by atoms with Crippen LogP contribution in [-0.4, -0.2) is 43.0 Å². The number of hydrogen-bond donors (Lipinski definition) is 0. The van der Waals surface area contributed by atoms with Crippen LogP contribution in [0.1, 0.15) is 9.67 Å². The Bertz CT molecular complexity index is 350. The van der Waals surface area contributed by atoms with Crippen molar-refractivity contribution in [3.63, 3.8) is 0 Å². The number of alkyl halides is 1. The molecule has 2 rings (SSSR count). The van der Waals surface area contributed by atoms with Crippen LogP contribution < -0.4 is 4.90 Å². The van der Waals surface area contributed by atoms with Gasteiger partial charge in [-0.25, -0.2) is 4.98 Å². The molecule has 4 nitrogen and oxygen atoms in total. The largest absolute Gasteiger partial charge is 0.378 e. The summed E-state index contributed by atoms with van der Waals surface area (Å²) in [5.41, 5.74) is 0. The van der Waals surface area contributed by atoms with E-state index in [1.807, 2.05) is 0 Å². The number of ether oxygens (including phenoxy) is 1. The first-order chi connectivity index (χ1) is 7.31. The number of halogens is 1. The third-order valence-electron chi connectivity index (χ3n) is 2.17. The van der Waals surface area contributed by atoms with Crippen LogP contribution in [0.2, 0.25) is 0 Å². The molecule has 15 heavy (non-hydrogen) atoms. The Labute approximate surface area is 96.8 Å². The molecule has 0 radical (unpaired) electrons. The molecule has 0 spiro atoms. The molecule has 0 amide bonds. The summed E-state index contributed by atoms with van der Waals surface area (Å²) in [7, 11) is 0. The summed E-state index contributed by atoms with van der Waals surface area (Å²) in [5.74, 6) is -0.0428. The molecule has 0 bridgehead atoms. The summed E-state index contributed by atoms with van der Waals surface area (Å²) in [6.07, 6.45) is 1.60. The van der Waals surface area contributed by atoms with Crippen LogP contribution in [-0.2, 0) is 4.74 Å². The van der Waals surface area contributed by atoms with Crippen molar-refractivity contribution in [3.8, 4) is 0 Å². The maximum Gasteiger partial charge on any atom is 0.189 e. The van der Waals surface area contributed by atoms with E-state index in [0.29, 0.717) is 4.88 Å². The van der Waals surface area contributed by atoms with Crippen LogP contribution in [0, 0.1) is 0 Å². The van der Waals surface area contributed by atoms with Gasteiger partial charge in [0.25, 0.3) is 0 Å². The maximum atomic E-state index is 11.3. The van der Waals surface area contributed by atoms with Crippen molar-refractivity contribution in [2.45, 2.75) is 0 Å². The minimum atomic E-state index is -0.0614. The van der Waals surface area contributed by atoms with Gasteiger partial charge in [-0.05, 0) is 0 Å². The molecule has 2 heterocycles. The normalized spacial score (nSPS) is 16.7. The van der Waals surface area contributed by atoms with Crippen molar-refractivity contribution < 1.29 is 9.53 Å². The van der Waals surface area contributed by atoms with Gasteiger partial charge in [0.15, 0.2) is 10.9 Å². The zero-order chi connectivity index (χ0) is 10.7. The molecule has 0 aromatic carbocycles. The monoisotopic (exact) mass is 246 g/mol. The number of nitrogens with zero attached hydrogens (tertiary/aromatic N) is 2. The molecule has 82 valence electrons. The number of rotatable bonds is 3. The van der Waals surface area contributed by atoms with Gasteiger partial charge in [0.05, 0.1) is 30.2 Å². The fourth-order valence-electron chi connectivity index (χ4n) is 1.36. The molecule has 1 aromatic heterocycles. The van der Waals surface area contributed by atoms with Gasteiger partial charge >= 0.3 is 0 Å². The zero-order valence-corrected chi connectivity index (χ0v) is 9.68. The van der Waals surface area contributed by atoms with E-state index in [0.717, 1.165) is 31.4 Å². The molecule has 0 saturated carbocycles. The molecule has 6 heteroatoms. The van der Waals surface area contributed by atoms with Gasteiger partial charge in [-0.3, -0.25) is 4.79 Å². The first kappa shape index (κ1) is 10.9. The van der Waals surface area contributed by atoms with E-state index in [-0.39, 0.29) is 11.7 Å². The predicted molar refractivity (Wildman–Crippen MR) is 60.2 cm³/mol. The summed E-state index contributed by atoms with van der Waals surface area (Å²) < 4.78 is 5.24. The predicted octanol–water partition coefficient (Wildman–Crippen LogP) is 1.40. The van der Waals surface area contributed by atoms with Crippen LogP contribution in [0.5, 0.6) is 0 Å². The fourth-order valence-corrected chi connectivity index (χ4v) is 2.49. The number of aromatic nitrogens is 1. The minimum Gasteiger partial charge on any atom is -0.378 e. The van der Waals surface area contributed by atoms with Crippen molar-refractivity contribution in [2.24, 2.45) is 0 Å². The van der Waals surface area contributed by atoms with Crippen LogP contribution in [0.25, 0.3) is 0 Å². The van der Waals surface area contributed by atoms with E-state index in [1.165, 1.54) is 11.3 Å². The number of ketones is 1. The Morgan fingerprint density at radius 3 is 3.00 bits per heavy atom. The highest BCUT2D eigenvalue weighted by Crippen LogP contribution is 2.23. The van der Waals surface area contributed by atoms with Crippen molar-refractivity contribution in [2.75, 3.05) is 37.1 Å². The number of carbonyl (C=O) groups is 1. The second kappa shape index (κ2) is 4.92. The molecule has 1 fully saturated rings. The Balaban J connectivity index is 2.08. The van der Waals surface area contributed by atoms with E-state index in [1.54, 1.807) is 6.20 Å². The van der Waals surface area contributed by atoms with Gasteiger partial charge in [-0.1, -0.05) is 11.3 Å². The maximum absolute atomic E-state index is 11.3. The average Bonchev–Trinajstić information content (AvgIpc) is 2.78. The van der Waals surface area contributed by atoms with Crippen LogP contribution in [0.15, 0.2) is 6.20 Å². The summed E-state index contributed by atoms with van der Waals surface area (Å²) in [6.45, 7) is 3.11. The van der Waals surface area contributed by atoms with Crippen molar-refractivity contribution in [1.29, 1.82) is 0 Å². The molecular weight excluding hydrogens is 236 g/mol. The Morgan fingerprint density at radius 2 is 2.33 bits per heavy atom. The quantitative estimate of drug-likeness (QED) is 0.597. The van der Waals surface area contributed by atoms with Crippen LogP contribution in [0.4, 0.5) is 5.13 Å². The summed E-state index contributed by atoms with van der Waals surface area (Å²) in [5, 5.41) is 0.881. The molecular formula is C9H11ClN2O2S. The number of morpholine rings is 1. The highest BCUT2D eigenvalue weighted by molar-refractivity contribution is 7.17. The highest BCUT2D eigenvalue weighted by atomic mass is 35.5. The van der Waals surface area contributed by atoms with Crippen molar-refractivity contribution >= 4 is 33.9 Å². The van der Waals surface area contributed by atoms with Gasteiger partial charge in [-0.2, -0.15) is 0 Å². The first-order valence-electron chi connectivity index (χ1n) is 4.69. The van der Waals surface area contributed by atoms with Crippen LogP contribution >= 0.6 is 22.9 Å². The Morgan fingerprint density at radius 1 is 1.60 bits per heavy atom. The van der Waals surface area contributed by atoms with Crippen molar-refractivity contribution in [3.05, 3.63) is 11.1 Å². The lowest BCUT2D eigenvalue weighted by atomic mass is 10.4. The molecule has 0 unspecified atom stereocenters. The first-order valence-corrected chi connectivity index (χ1v) is 6.04. The van der Waals surface area contributed by atoms with Crippen LogP contribution in [0.3, 0.4) is 0 Å². The third kappa shape index (κ3) is 2.48.